The van der Waals surface area contributed by atoms with Crippen LogP contribution in [-0.2, 0) is 26.1 Å². The smallest absolute Gasteiger partial charge is 0.334 e. The third kappa shape index (κ3) is 3.12. The molecule has 6 nitrogen and oxygen atoms in total. The molecule has 0 aliphatic heterocycles. The van der Waals surface area contributed by atoms with Gasteiger partial charge in [0.25, 0.3) is 0 Å². The molecule has 0 saturated heterocycles. The van der Waals surface area contributed by atoms with Crippen molar-refractivity contribution in [3.05, 3.63) is 40.7 Å². The van der Waals surface area contributed by atoms with Gasteiger partial charge < -0.3 is 24.4 Å². The van der Waals surface area contributed by atoms with Gasteiger partial charge in [0.15, 0.2) is 0 Å². The van der Waals surface area contributed by atoms with Gasteiger partial charge >= 0.3 is 5.97 Å². The fourth-order valence-corrected chi connectivity index (χ4v) is 4.28. The van der Waals surface area contributed by atoms with Gasteiger partial charge in [-0.2, -0.15) is 0 Å². The van der Waals surface area contributed by atoms with Gasteiger partial charge in [-0.15, -0.1) is 0 Å². The molecule has 0 heterocycles. The van der Waals surface area contributed by atoms with Crippen molar-refractivity contribution in [2.24, 2.45) is 5.92 Å². The molecule has 0 saturated carbocycles. The number of aliphatic hydroxyl groups excluding tert-OH is 1. The highest BCUT2D eigenvalue weighted by Gasteiger charge is 2.49. The van der Waals surface area contributed by atoms with Gasteiger partial charge in [-0.1, -0.05) is 6.07 Å². The highest BCUT2D eigenvalue weighted by molar-refractivity contribution is 5.87. The van der Waals surface area contributed by atoms with E-state index < -0.39 is 11.4 Å². The van der Waals surface area contributed by atoms with Gasteiger partial charge in [0.05, 0.1) is 19.3 Å². The molecule has 0 bridgehead atoms. The number of methoxy groups -OCH3 is 2. The van der Waals surface area contributed by atoms with Crippen molar-refractivity contribution in [2.75, 3.05) is 27.6 Å². The molecule has 0 fully saturated rings. The Bertz CT molecular complexity index is 695. The van der Waals surface area contributed by atoms with Gasteiger partial charge in [-0.25, -0.2) is 4.79 Å². The molecule has 0 aromatic heterocycles. The standard InChI is InChI=1S/C19H24O6/c1-23-11-25-10-19-9-15(18(21)22)17(20)8-13(19)4-3-12-7-14(24-2)5-6-16(12)19/h5-7,13,20H,3-4,8-11H2,1-2H3,(H,21,22)/t13-,19+/m1/s1. The van der Waals surface area contributed by atoms with Crippen LogP contribution in [0.2, 0.25) is 0 Å². The normalized spacial score (nSPS) is 25.3. The van der Waals surface area contributed by atoms with Crippen LogP contribution in [-0.4, -0.2) is 43.8 Å². The Balaban J connectivity index is 2.07. The maximum Gasteiger partial charge on any atom is 0.334 e. The molecule has 6 heteroatoms. The quantitative estimate of drug-likeness (QED) is 0.607. The number of allylic oxidation sites excluding steroid dienone is 1. The minimum atomic E-state index is -1.07. The van der Waals surface area contributed by atoms with Gasteiger partial charge in [-0.05, 0) is 48.4 Å². The average molecular weight is 348 g/mol. The van der Waals surface area contributed by atoms with Crippen molar-refractivity contribution in [3.8, 4) is 5.75 Å². The van der Waals surface area contributed by atoms with Gasteiger partial charge in [-0.3, -0.25) is 0 Å². The monoisotopic (exact) mass is 348 g/mol. The molecule has 1 aromatic rings. The third-order valence-corrected chi connectivity index (χ3v) is 5.49. The first kappa shape index (κ1) is 17.8. The van der Waals surface area contributed by atoms with Crippen LogP contribution in [0.15, 0.2) is 29.5 Å². The van der Waals surface area contributed by atoms with Gasteiger partial charge in [0, 0.05) is 18.9 Å². The van der Waals surface area contributed by atoms with E-state index in [2.05, 4.69) is 0 Å². The minimum Gasteiger partial charge on any atom is -0.512 e. The number of fused-ring (bicyclic) bond motifs is 3. The summed E-state index contributed by atoms with van der Waals surface area (Å²) in [5, 5.41) is 19.7. The lowest BCUT2D eigenvalue weighted by Gasteiger charge is -2.48. The minimum absolute atomic E-state index is 0.00294. The summed E-state index contributed by atoms with van der Waals surface area (Å²) in [5.74, 6) is -0.148. The van der Waals surface area contributed by atoms with Crippen molar-refractivity contribution in [1.82, 2.24) is 0 Å². The SMILES string of the molecule is COCOC[C@@]12CC(C(=O)O)=C(O)C[C@H]1CCc1cc(OC)ccc12. The van der Waals surface area contributed by atoms with Crippen LogP contribution in [0.3, 0.4) is 0 Å². The van der Waals surface area contributed by atoms with Crippen molar-refractivity contribution < 1.29 is 29.2 Å². The number of carboxylic acid groups (broad SMARTS) is 1. The maximum atomic E-state index is 11.6. The third-order valence-electron chi connectivity index (χ3n) is 5.49. The van der Waals surface area contributed by atoms with Crippen LogP contribution in [0.25, 0.3) is 0 Å². The Hall–Kier alpha value is -2.05. The molecule has 136 valence electrons. The molecule has 2 N–H and O–H groups in total. The number of hydrogen-bond donors (Lipinski definition) is 2. The zero-order chi connectivity index (χ0) is 18.0. The Morgan fingerprint density at radius 2 is 2.16 bits per heavy atom. The van der Waals surface area contributed by atoms with Crippen LogP contribution in [0.4, 0.5) is 0 Å². The predicted molar refractivity (Wildman–Crippen MR) is 90.8 cm³/mol. The lowest BCUT2D eigenvalue weighted by atomic mass is 9.57. The molecule has 2 aliphatic rings. The van der Waals surface area contributed by atoms with E-state index in [4.69, 9.17) is 14.2 Å². The lowest BCUT2D eigenvalue weighted by molar-refractivity contribution is -0.134. The van der Waals surface area contributed by atoms with E-state index in [9.17, 15) is 15.0 Å². The molecule has 0 spiro atoms. The molecule has 0 radical (unpaired) electrons. The summed E-state index contributed by atoms with van der Waals surface area (Å²) in [6, 6.07) is 5.93. The molecule has 25 heavy (non-hydrogen) atoms. The number of carboxylic acids is 1. The number of ether oxygens (including phenoxy) is 3. The number of rotatable bonds is 6. The number of benzene rings is 1. The highest BCUT2D eigenvalue weighted by atomic mass is 16.7. The van der Waals surface area contributed by atoms with E-state index in [-0.39, 0.29) is 30.5 Å². The summed E-state index contributed by atoms with van der Waals surface area (Å²) in [6.45, 7) is 0.507. The zero-order valence-corrected chi connectivity index (χ0v) is 14.6. The highest BCUT2D eigenvalue weighted by Crippen LogP contribution is 2.52. The van der Waals surface area contributed by atoms with E-state index >= 15 is 0 Å². The molecule has 3 rings (SSSR count). The molecule has 1 aromatic carbocycles. The summed E-state index contributed by atoms with van der Waals surface area (Å²) in [5.41, 5.74) is 1.86. The number of carbonyl (C=O) groups is 1. The maximum absolute atomic E-state index is 11.6. The first-order chi connectivity index (χ1) is 12.0. The van der Waals surface area contributed by atoms with E-state index in [0.717, 1.165) is 29.7 Å². The van der Waals surface area contributed by atoms with Crippen LogP contribution >= 0.6 is 0 Å². The van der Waals surface area contributed by atoms with Crippen LogP contribution in [0.5, 0.6) is 5.75 Å². The lowest BCUT2D eigenvalue weighted by Crippen LogP contribution is -2.47. The topological polar surface area (TPSA) is 85.2 Å². The second-order valence-electron chi connectivity index (χ2n) is 6.78. The number of hydrogen-bond acceptors (Lipinski definition) is 5. The van der Waals surface area contributed by atoms with E-state index in [1.54, 1.807) is 14.2 Å². The summed E-state index contributed by atoms with van der Waals surface area (Å²) in [4.78, 5) is 11.6. The summed E-state index contributed by atoms with van der Waals surface area (Å²) >= 11 is 0. The molecule has 0 amide bonds. The first-order valence-corrected chi connectivity index (χ1v) is 8.40. The predicted octanol–water partition coefficient (Wildman–Crippen LogP) is 2.81. The van der Waals surface area contributed by atoms with Crippen molar-refractivity contribution in [2.45, 2.75) is 31.1 Å². The fourth-order valence-electron chi connectivity index (χ4n) is 4.28. The number of aryl methyl sites for hydroxylation is 1. The Morgan fingerprint density at radius 3 is 2.84 bits per heavy atom. The second kappa shape index (κ2) is 7.06. The van der Waals surface area contributed by atoms with Gasteiger partial charge in [0.2, 0.25) is 0 Å². The van der Waals surface area contributed by atoms with E-state index in [0.29, 0.717) is 13.0 Å². The number of aliphatic hydroxyl groups is 1. The number of aliphatic carboxylic acids is 1. The Labute approximate surface area is 147 Å². The van der Waals surface area contributed by atoms with Crippen LogP contribution in [0.1, 0.15) is 30.4 Å². The summed E-state index contributed by atoms with van der Waals surface area (Å²) < 4.78 is 16.0. The zero-order valence-electron chi connectivity index (χ0n) is 14.6. The molecule has 2 aliphatic carbocycles. The second-order valence-corrected chi connectivity index (χ2v) is 6.78. The van der Waals surface area contributed by atoms with Crippen LogP contribution < -0.4 is 4.74 Å². The van der Waals surface area contributed by atoms with Gasteiger partial charge in [0.1, 0.15) is 18.3 Å². The fraction of sp³-hybridized carbons (Fsp3) is 0.526. The average Bonchev–Trinajstić information content (AvgIpc) is 2.61. The van der Waals surface area contributed by atoms with Crippen molar-refractivity contribution >= 4 is 5.97 Å². The van der Waals surface area contributed by atoms with E-state index in [1.807, 2.05) is 18.2 Å². The Kier molecular flexibility index (Phi) is 5.01. The van der Waals surface area contributed by atoms with Crippen LogP contribution in [0, 0.1) is 5.92 Å². The molecule has 2 atom stereocenters. The van der Waals surface area contributed by atoms with Crippen molar-refractivity contribution in [1.29, 1.82) is 0 Å². The van der Waals surface area contributed by atoms with Crippen molar-refractivity contribution in [3.63, 3.8) is 0 Å². The summed E-state index contributed by atoms with van der Waals surface area (Å²) in [6.07, 6.45) is 2.36. The molecule has 0 unspecified atom stereocenters. The first-order valence-electron chi connectivity index (χ1n) is 8.40. The molecular weight excluding hydrogens is 324 g/mol. The Morgan fingerprint density at radius 1 is 1.36 bits per heavy atom. The largest absolute Gasteiger partial charge is 0.512 e. The molecular formula is C19H24O6. The van der Waals surface area contributed by atoms with E-state index in [1.165, 1.54) is 0 Å². The summed E-state index contributed by atoms with van der Waals surface area (Å²) in [7, 11) is 3.19.